The first-order valence-corrected chi connectivity index (χ1v) is 11.7. The number of carbonyl (C=O) groups is 3. The Morgan fingerprint density at radius 3 is 2.70 bits per heavy atom. The monoisotopic (exact) mass is 499 g/mol. The first kappa shape index (κ1) is 21.6. The molecule has 1 aromatic heterocycles. The van der Waals surface area contributed by atoms with Gasteiger partial charge in [-0.1, -0.05) is 23.7 Å². The van der Waals surface area contributed by atoms with Gasteiger partial charge < -0.3 is 14.6 Å². The van der Waals surface area contributed by atoms with Gasteiger partial charge in [0.1, 0.15) is 0 Å². The van der Waals surface area contributed by atoms with E-state index in [1.54, 1.807) is 30.3 Å². The maximum absolute atomic E-state index is 12.9. The van der Waals surface area contributed by atoms with Crippen molar-refractivity contribution in [1.29, 1.82) is 0 Å². The molecule has 1 N–H and O–H groups in total. The van der Waals surface area contributed by atoms with Crippen molar-refractivity contribution in [3.8, 4) is 22.6 Å². The van der Waals surface area contributed by atoms with Crippen LogP contribution in [0.4, 0.5) is 4.79 Å². The molecule has 0 saturated carbocycles. The Morgan fingerprint density at radius 1 is 1.12 bits per heavy atom. The van der Waals surface area contributed by atoms with Gasteiger partial charge in [-0.2, -0.15) is 0 Å². The Bertz CT molecular complexity index is 1350. The molecule has 2 aromatic carbocycles. The Kier molecular flexibility index (Phi) is 5.61. The maximum Gasteiger partial charge on any atom is 0.335 e. The molecule has 0 bridgehead atoms. The van der Waals surface area contributed by atoms with Crippen molar-refractivity contribution in [2.24, 2.45) is 0 Å². The molecule has 0 spiro atoms. The Labute approximate surface area is 201 Å². The minimum Gasteiger partial charge on any atom is -0.478 e. The van der Waals surface area contributed by atoms with Crippen molar-refractivity contribution in [3.05, 3.63) is 73.8 Å². The first-order chi connectivity index (χ1) is 15.9. The fourth-order valence-corrected chi connectivity index (χ4v) is 5.39. The molecular weight excluding hydrogens is 486 g/mol. The van der Waals surface area contributed by atoms with E-state index in [-0.39, 0.29) is 24.1 Å². The minimum absolute atomic E-state index is 0.0230. The summed E-state index contributed by atoms with van der Waals surface area (Å²) in [6, 6.07) is 11.8. The zero-order valence-corrected chi connectivity index (χ0v) is 19.1. The molecule has 0 atom stereocenters. The van der Waals surface area contributed by atoms with Crippen LogP contribution in [0.25, 0.3) is 17.2 Å². The van der Waals surface area contributed by atoms with Crippen molar-refractivity contribution in [2.45, 2.75) is 6.54 Å². The van der Waals surface area contributed by atoms with Crippen LogP contribution in [0.1, 0.15) is 20.8 Å². The van der Waals surface area contributed by atoms with Crippen molar-refractivity contribution in [1.82, 2.24) is 4.90 Å². The highest BCUT2D eigenvalue weighted by Gasteiger charge is 2.36. The zero-order valence-electron chi connectivity index (χ0n) is 16.7. The third-order valence-corrected chi connectivity index (χ3v) is 7.22. The molecule has 2 amide bonds. The summed E-state index contributed by atoms with van der Waals surface area (Å²) in [6.45, 7) is 0.123. The molecule has 166 valence electrons. The fourth-order valence-electron chi connectivity index (χ4n) is 3.43. The van der Waals surface area contributed by atoms with Crippen LogP contribution in [0, 0.1) is 0 Å². The fraction of sp³-hybridized carbons (Fsp3) is 0.0870. The van der Waals surface area contributed by atoms with Crippen LogP contribution in [0.15, 0.2) is 52.7 Å². The number of imide groups is 1. The summed E-state index contributed by atoms with van der Waals surface area (Å²) in [5.74, 6) is -0.347. The van der Waals surface area contributed by atoms with E-state index in [1.807, 2.05) is 17.5 Å². The van der Waals surface area contributed by atoms with Gasteiger partial charge in [-0.3, -0.25) is 14.5 Å². The van der Waals surface area contributed by atoms with Crippen molar-refractivity contribution >= 4 is 57.9 Å². The molecule has 33 heavy (non-hydrogen) atoms. The summed E-state index contributed by atoms with van der Waals surface area (Å²) in [7, 11) is 0. The number of aromatic carboxylic acids is 1. The van der Waals surface area contributed by atoms with Gasteiger partial charge in [-0.15, -0.1) is 11.3 Å². The molecule has 3 heterocycles. The van der Waals surface area contributed by atoms with Crippen LogP contribution in [-0.4, -0.2) is 33.9 Å². The molecular formula is C23H14ClNO6S2. The lowest BCUT2D eigenvalue weighted by Crippen LogP contribution is -2.27. The largest absolute Gasteiger partial charge is 0.478 e. The molecule has 5 rings (SSSR count). The van der Waals surface area contributed by atoms with Gasteiger partial charge in [0, 0.05) is 16.0 Å². The zero-order chi connectivity index (χ0) is 23.1. The van der Waals surface area contributed by atoms with Gasteiger partial charge in [-0.25, -0.2) is 4.79 Å². The summed E-state index contributed by atoms with van der Waals surface area (Å²) >= 11 is 8.56. The third-order valence-electron chi connectivity index (χ3n) is 5.08. The number of thiophene rings is 1. The number of ether oxygens (including phenoxy) is 2. The summed E-state index contributed by atoms with van der Waals surface area (Å²) in [4.78, 5) is 38.9. The second kappa shape index (κ2) is 8.58. The number of hydrogen-bond acceptors (Lipinski definition) is 7. The van der Waals surface area contributed by atoms with E-state index in [0.717, 1.165) is 32.7 Å². The lowest BCUT2D eigenvalue weighted by Gasteiger charge is -2.14. The van der Waals surface area contributed by atoms with Crippen LogP contribution >= 0.6 is 34.7 Å². The van der Waals surface area contributed by atoms with Crippen LogP contribution in [0.2, 0.25) is 5.02 Å². The molecule has 1 saturated heterocycles. The van der Waals surface area contributed by atoms with E-state index < -0.39 is 11.9 Å². The molecule has 7 nitrogen and oxygen atoms in total. The SMILES string of the molecule is O=C(O)c1cccc(-c2csc(C=C3SC(=O)N(Cc4cc5c(cc4Cl)OCO5)C3=O)c2)c1. The lowest BCUT2D eigenvalue weighted by molar-refractivity contribution is -0.123. The maximum atomic E-state index is 12.9. The van der Waals surface area contributed by atoms with Gasteiger partial charge in [0.15, 0.2) is 11.5 Å². The predicted octanol–water partition coefficient (Wildman–Crippen LogP) is 5.73. The number of hydrogen-bond donors (Lipinski definition) is 1. The average Bonchev–Trinajstić information content (AvgIpc) is 3.51. The summed E-state index contributed by atoms with van der Waals surface area (Å²) in [5, 5.41) is 11.1. The number of halogens is 1. The summed E-state index contributed by atoms with van der Waals surface area (Å²) < 4.78 is 10.6. The van der Waals surface area contributed by atoms with Gasteiger partial charge in [0.05, 0.1) is 17.0 Å². The summed E-state index contributed by atoms with van der Waals surface area (Å²) in [6.07, 6.45) is 1.67. The standard InChI is InChI=1S/C23H14ClNO6S2/c24-17-8-19-18(30-11-31-19)6-14(17)9-25-21(26)20(33-23(25)29)7-16-5-15(10-32-16)12-2-1-3-13(4-12)22(27)28/h1-8,10H,9,11H2,(H,27,28). The molecule has 3 aromatic rings. The number of fused-ring (bicyclic) bond motifs is 1. The normalized spacial score (nSPS) is 16.2. The van der Waals surface area contributed by atoms with Gasteiger partial charge in [0.2, 0.25) is 6.79 Å². The van der Waals surface area contributed by atoms with E-state index in [4.69, 9.17) is 21.1 Å². The highest BCUT2D eigenvalue weighted by Crippen LogP contribution is 2.40. The second-order valence-corrected chi connectivity index (χ2v) is 9.53. The van der Waals surface area contributed by atoms with E-state index in [9.17, 15) is 19.5 Å². The van der Waals surface area contributed by atoms with E-state index in [0.29, 0.717) is 27.0 Å². The molecule has 2 aliphatic heterocycles. The average molecular weight is 500 g/mol. The highest BCUT2D eigenvalue weighted by atomic mass is 35.5. The van der Waals surface area contributed by atoms with Crippen molar-refractivity contribution in [2.75, 3.05) is 6.79 Å². The third kappa shape index (κ3) is 4.22. The number of rotatable bonds is 5. The van der Waals surface area contributed by atoms with Gasteiger partial charge >= 0.3 is 5.97 Å². The number of carbonyl (C=O) groups excluding carboxylic acids is 2. The molecule has 1 fully saturated rings. The van der Waals surface area contributed by atoms with Crippen LogP contribution in [-0.2, 0) is 11.3 Å². The van der Waals surface area contributed by atoms with Crippen molar-refractivity contribution in [3.63, 3.8) is 0 Å². The highest BCUT2D eigenvalue weighted by molar-refractivity contribution is 8.18. The number of thioether (sulfide) groups is 1. The Morgan fingerprint density at radius 2 is 1.91 bits per heavy atom. The quantitative estimate of drug-likeness (QED) is 0.448. The Balaban J connectivity index is 1.36. The number of benzene rings is 2. The van der Waals surface area contributed by atoms with Gasteiger partial charge in [-0.05, 0) is 64.2 Å². The van der Waals surface area contributed by atoms with E-state index >= 15 is 0 Å². The lowest BCUT2D eigenvalue weighted by atomic mass is 10.1. The van der Waals surface area contributed by atoms with Gasteiger partial charge in [0.25, 0.3) is 11.1 Å². The molecule has 2 aliphatic rings. The van der Waals surface area contributed by atoms with E-state index in [2.05, 4.69) is 0 Å². The van der Waals surface area contributed by atoms with Crippen LogP contribution in [0.3, 0.4) is 0 Å². The topological polar surface area (TPSA) is 93.1 Å². The molecule has 0 aliphatic carbocycles. The number of nitrogens with zero attached hydrogens (tertiary/aromatic N) is 1. The molecule has 0 unspecified atom stereocenters. The van der Waals surface area contributed by atoms with Crippen LogP contribution in [0.5, 0.6) is 11.5 Å². The Hall–Kier alpha value is -3.27. The smallest absolute Gasteiger partial charge is 0.335 e. The van der Waals surface area contributed by atoms with Crippen molar-refractivity contribution < 1.29 is 29.0 Å². The number of amides is 2. The predicted molar refractivity (Wildman–Crippen MR) is 126 cm³/mol. The second-order valence-electron chi connectivity index (χ2n) is 7.19. The van der Waals surface area contributed by atoms with E-state index in [1.165, 1.54) is 17.4 Å². The minimum atomic E-state index is -0.997. The molecule has 0 radical (unpaired) electrons. The summed E-state index contributed by atoms with van der Waals surface area (Å²) in [5.41, 5.74) is 2.38. The number of carboxylic acid groups (broad SMARTS) is 1. The number of carboxylic acids is 1. The van der Waals surface area contributed by atoms with Crippen LogP contribution < -0.4 is 9.47 Å². The first-order valence-electron chi connectivity index (χ1n) is 9.65. The molecule has 10 heteroatoms.